The van der Waals surface area contributed by atoms with Crippen molar-refractivity contribution in [2.75, 3.05) is 31.1 Å². The lowest BCUT2D eigenvalue weighted by Crippen LogP contribution is -2.46. The minimum Gasteiger partial charge on any atom is -0.487 e. The summed E-state index contributed by atoms with van der Waals surface area (Å²) in [4.78, 5) is 26.9. The van der Waals surface area contributed by atoms with Crippen LogP contribution in [0.2, 0.25) is 0 Å². The maximum Gasteiger partial charge on any atom is 0.409 e. The molecule has 2 heterocycles. The summed E-state index contributed by atoms with van der Waals surface area (Å²) in [6.07, 6.45) is 0.463. The van der Waals surface area contributed by atoms with Crippen LogP contribution >= 0.6 is 0 Å². The summed E-state index contributed by atoms with van der Waals surface area (Å²) in [6.45, 7) is 6.58. The number of benzene rings is 1. The van der Waals surface area contributed by atoms with E-state index in [1.807, 2.05) is 6.92 Å². The zero-order valence-corrected chi connectivity index (χ0v) is 17.7. The van der Waals surface area contributed by atoms with Crippen LogP contribution in [0.5, 0.6) is 5.75 Å². The molecule has 2 aliphatic heterocycles. The van der Waals surface area contributed by atoms with Crippen molar-refractivity contribution < 1.29 is 27.5 Å². The van der Waals surface area contributed by atoms with Gasteiger partial charge in [0.05, 0.1) is 23.7 Å². The molecule has 0 spiro atoms. The number of nitrogens with zero attached hydrogens (tertiary/aromatic N) is 2. The van der Waals surface area contributed by atoms with Gasteiger partial charge in [-0.1, -0.05) is 0 Å². The molecule has 9 nitrogen and oxygen atoms in total. The second-order valence-electron chi connectivity index (χ2n) is 7.27. The Labute approximate surface area is 171 Å². The SMILES string of the molecule is CCOC(=O)N1CCC(NS(=O)(=O)c2ccc3c(c2)N(C(C)=O)CC(C)O3)CC1. The number of fused-ring (bicyclic) bond motifs is 1. The number of hydrogen-bond donors (Lipinski definition) is 1. The molecule has 29 heavy (non-hydrogen) atoms. The Balaban J connectivity index is 1.72. The summed E-state index contributed by atoms with van der Waals surface area (Å²) in [7, 11) is -3.78. The Morgan fingerprint density at radius 2 is 1.97 bits per heavy atom. The second-order valence-corrected chi connectivity index (χ2v) is 8.98. The first-order chi connectivity index (χ1) is 13.7. The minimum atomic E-state index is -3.78. The number of nitrogens with one attached hydrogen (secondary N) is 1. The molecule has 1 saturated heterocycles. The summed E-state index contributed by atoms with van der Waals surface area (Å²) in [6, 6.07) is 4.25. The zero-order chi connectivity index (χ0) is 21.2. The predicted molar refractivity (Wildman–Crippen MR) is 106 cm³/mol. The standard InChI is InChI=1S/C19H27N3O6S/c1-4-27-19(24)21-9-7-15(8-10-21)20-29(25,26)16-5-6-18-17(11-16)22(14(3)23)12-13(2)28-18/h5-6,11,13,15,20H,4,7-10,12H2,1-3H3. The minimum absolute atomic E-state index is 0.0773. The molecule has 1 N–H and O–H groups in total. The van der Waals surface area contributed by atoms with Crippen molar-refractivity contribution in [3.63, 3.8) is 0 Å². The monoisotopic (exact) mass is 425 g/mol. The van der Waals surface area contributed by atoms with Crippen LogP contribution in [0.15, 0.2) is 23.1 Å². The van der Waals surface area contributed by atoms with Crippen molar-refractivity contribution in [1.82, 2.24) is 9.62 Å². The molecule has 1 atom stereocenters. The summed E-state index contributed by atoms with van der Waals surface area (Å²) in [5.74, 6) is 0.316. The van der Waals surface area contributed by atoms with Gasteiger partial charge in [-0.25, -0.2) is 17.9 Å². The highest BCUT2D eigenvalue weighted by atomic mass is 32.2. The molecular formula is C19H27N3O6S. The lowest BCUT2D eigenvalue weighted by atomic mass is 10.1. The number of carbonyl (C=O) groups excluding carboxylic acids is 2. The Bertz CT molecular complexity index is 880. The van der Waals surface area contributed by atoms with E-state index < -0.39 is 10.0 Å². The molecule has 2 amide bonds. The van der Waals surface area contributed by atoms with Crippen molar-refractivity contribution in [1.29, 1.82) is 0 Å². The molecule has 0 radical (unpaired) electrons. The van der Waals surface area contributed by atoms with E-state index in [4.69, 9.17) is 9.47 Å². The largest absolute Gasteiger partial charge is 0.487 e. The number of rotatable bonds is 4. The van der Waals surface area contributed by atoms with Crippen molar-refractivity contribution in [3.05, 3.63) is 18.2 Å². The number of likely N-dealkylation sites (tertiary alicyclic amines) is 1. The normalized spacial score (nSPS) is 20.0. The van der Waals surface area contributed by atoms with Crippen LogP contribution in [0.1, 0.15) is 33.6 Å². The van der Waals surface area contributed by atoms with Crippen molar-refractivity contribution in [3.8, 4) is 5.75 Å². The Morgan fingerprint density at radius 1 is 1.28 bits per heavy atom. The highest BCUT2D eigenvalue weighted by Gasteiger charge is 2.30. The first-order valence-corrected chi connectivity index (χ1v) is 11.2. The molecule has 1 fully saturated rings. The van der Waals surface area contributed by atoms with Gasteiger partial charge < -0.3 is 19.3 Å². The fourth-order valence-corrected chi connectivity index (χ4v) is 4.89. The molecule has 1 aromatic rings. The Morgan fingerprint density at radius 3 is 2.59 bits per heavy atom. The second kappa shape index (κ2) is 8.58. The molecular weight excluding hydrogens is 398 g/mol. The number of piperidine rings is 1. The summed E-state index contributed by atoms with van der Waals surface area (Å²) in [5.41, 5.74) is 0.454. The van der Waals surface area contributed by atoms with Gasteiger partial charge in [-0.15, -0.1) is 0 Å². The predicted octanol–water partition coefficient (Wildman–Crippen LogP) is 1.72. The molecule has 3 rings (SSSR count). The van der Waals surface area contributed by atoms with Crippen LogP contribution in [0, 0.1) is 0 Å². The van der Waals surface area contributed by atoms with Gasteiger partial charge in [0, 0.05) is 26.1 Å². The van der Waals surface area contributed by atoms with Gasteiger partial charge in [0.2, 0.25) is 15.9 Å². The topological polar surface area (TPSA) is 105 Å². The van der Waals surface area contributed by atoms with Gasteiger partial charge in [-0.2, -0.15) is 0 Å². The van der Waals surface area contributed by atoms with E-state index in [1.165, 1.54) is 24.0 Å². The third-order valence-corrected chi connectivity index (χ3v) is 6.54. The highest BCUT2D eigenvalue weighted by molar-refractivity contribution is 7.89. The van der Waals surface area contributed by atoms with E-state index in [9.17, 15) is 18.0 Å². The van der Waals surface area contributed by atoms with Gasteiger partial charge in [-0.3, -0.25) is 4.79 Å². The zero-order valence-electron chi connectivity index (χ0n) is 16.9. The molecule has 0 bridgehead atoms. The van der Waals surface area contributed by atoms with Crippen LogP contribution in [0.3, 0.4) is 0 Å². The number of ether oxygens (including phenoxy) is 2. The molecule has 2 aliphatic rings. The first-order valence-electron chi connectivity index (χ1n) is 9.74. The van der Waals surface area contributed by atoms with E-state index >= 15 is 0 Å². The lowest BCUT2D eigenvalue weighted by molar-refractivity contribution is -0.117. The van der Waals surface area contributed by atoms with Crippen LogP contribution in [-0.4, -0.2) is 63.7 Å². The number of hydrogen-bond acceptors (Lipinski definition) is 6. The summed E-state index contributed by atoms with van der Waals surface area (Å²) in [5, 5.41) is 0. The summed E-state index contributed by atoms with van der Waals surface area (Å²) < 4.78 is 39.2. The van der Waals surface area contributed by atoms with Crippen molar-refractivity contribution in [2.24, 2.45) is 0 Å². The number of carbonyl (C=O) groups is 2. The smallest absolute Gasteiger partial charge is 0.409 e. The third-order valence-electron chi connectivity index (χ3n) is 5.02. The average molecular weight is 426 g/mol. The van der Waals surface area contributed by atoms with Gasteiger partial charge in [-0.05, 0) is 44.9 Å². The van der Waals surface area contributed by atoms with Crippen LogP contribution in [0.25, 0.3) is 0 Å². The number of anilines is 1. The van der Waals surface area contributed by atoms with E-state index in [0.717, 1.165) is 0 Å². The Hall–Kier alpha value is -2.33. The van der Waals surface area contributed by atoms with E-state index in [-0.39, 0.29) is 29.0 Å². The molecule has 10 heteroatoms. The molecule has 1 unspecified atom stereocenters. The van der Waals surface area contributed by atoms with Gasteiger partial charge in [0.15, 0.2) is 0 Å². The van der Waals surface area contributed by atoms with Gasteiger partial charge in [0.1, 0.15) is 11.9 Å². The molecule has 0 aliphatic carbocycles. The van der Waals surface area contributed by atoms with Gasteiger partial charge in [0.25, 0.3) is 0 Å². The third kappa shape index (κ3) is 4.81. The molecule has 0 saturated carbocycles. The maximum absolute atomic E-state index is 12.9. The van der Waals surface area contributed by atoms with E-state index in [0.29, 0.717) is 50.5 Å². The number of amides is 2. The first kappa shape index (κ1) is 21.4. The maximum atomic E-state index is 12.9. The Kier molecular flexibility index (Phi) is 6.33. The van der Waals surface area contributed by atoms with Crippen LogP contribution < -0.4 is 14.4 Å². The fourth-order valence-electron chi connectivity index (χ4n) is 3.56. The van der Waals surface area contributed by atoms with E-state index in [2.05, 4.69) is 4.72 Å². The quantitative estimate of drug-likeness (QED) is 0.788. The van der Waals surface area contributed by atoms with Crippen molar-refractivity contribution >= 4 is 27.7 Å². The molecule has 0 aromatic heterocycles. The van der Waals surface area contributed by atoms with Gasteiger partial charge >= 0.3 is 6.09 Å². The van der Waals surface area contributed by atoms with E-state index in [1.54, 1.807) is 17.9 Å². The fraction of sp³-hybridized carbons (Fsp3) is 0.579. The molecule has 160 valence electrons. The lowest BCUT2D eigenvalue weighted by Gasteiger charge is -2.33. The van der Waals surface area contributed by atoms with Crippen LogP contribution in [0.4, 0.5) is 10.5 Å². The molecule has 1 aromatic carbocycles. The van der Waals surface area contributed by atoms with Crippen molar-refractivity contribution in [2.45, 2.75) is 50.7 Å². The van der Waals surface area contributed by atoms with Crippen LogP contribution in [-0.2, 0) is 19.6 Å². The highest BCUT2D eigenvalue weighted by Crippen LogP contribution is 2.35. The number of sulfonamides is 1. The average Bonchev–Trinajstić information content (AvgIpc) is 2.67. The summed E-state index contributed by atoms with van der Waals surface area (Å²) >= 11 is 0.